The van der Waals surface area contributed by atoms with Crippen LogP contribution >= 0.6 is 15.2 Å². The maximum atomic E-state index is 11.2. The van der Waals surface area contributed by atoms with E-state index < -0.39 is 15.2 Å². The van der Waals surface area contributed by atoms with Gasteiger partial charge in [0, 0.05) is 27.5 Å². The van der Waals surface area contributed by atoms with Gasteiger partial charge in [-0.2, -0.15) is 0 Å². The van der Waals surface area contributed by atoms with Gasteiger partial charge in [0.1, 0.15) is 0 Å². The first-order chi connectivity index (χ1) is 6.33. The van der Waals surface area contributed by atoms with Crippen LogP contribution in [0.25, 0.3) is 0 Å². The molecule has 0 radical (unpaired) electrons. The Bertz CT molecular complexity index is 227. The fraction of sp³-hybridized carbons (Fsp3) is 1.00. The fourth-order valence-electron chi connectivity index (χ4n) is 0.512. The Hall–Kier alpha value is 0.300. The Morgan fingerprint density at radius 1 is 0.857 bits per heavy atom. The molecular weight excluding hydrogens is 230 g/mol. The smallest absolute Gasteiger partial charge is 0.312 e. The molecule has 0 fully saturated rings. The summed E-state index contributed by atoms with van der Waals surface area (Å²) in [6.07, 6.45) is 0. The molecule has 14 heavy (non-hydrogen) atoms. The predicted molar refractivity (Wildman–Crippen MR) is 53.0 cm³/mol. The molecule has 0 amide bonds. The van der Waals surface area contributed by atoms with Crippen molar-refractivity contribution in [2.75, 3.05) is 40.8 Å². The Balaban J connectivity index is 3.68. The summed E-state index contributed by atoms with van der Waals surface area (Å²) in [6, 6.07) is 0. The van der Waals surface area contributed by atoms with Crippen LogP contribution in [0, 0.1) is 0 Å². The highest BCUT2D eigenvalue weighted by Crippen LogP contribution is 2.44. The number of hydrogen-bond donors (Lipinski definition) is 0. The van der Waals surface area contributed by atoms with Crippen molar-refractivity contribution >= 4 is 15.2 Å². The van der Waals surface area contributed by atoms with E-state index in [0.717, 1.165) is 0 Å². The first-order valence-corrected chi connectivity index (χ1v) is 7.86. The second-order valence-corrected chi connectivity index (χ2v) is 6.91. The minimum Gasteiger partial charge on any atom is -0.312 e. The largest absolute Gasteiger partial charge is 0.327 e. The summed E-state index contributed by atoms with van der Waals surface area (Å²) < 4.78 is 41.2. The van der Waals surface area contributed by atoms with Gasteiger partial charge in [0.05, 0.1) is 13.2 Å². The van der Waals surface area contributed by atoms with Gasteiger partial charge < -0.3 is 18.1 Å². The summed E-state index contributed by atoms with van der Waals surface area (Å²) in [5.41, 5.74) is 0. The summed E-state index contributed by atoms with van der Waals surface area (Å²) in [5, 5.41) is 0. The van der Waals surface area contributed by atoms with Crippen molar-refractivity contribution in [2.24, 2.45) is 0 Å². The van der Waals surface area contributed by atoms with Gasteiger partial charge in [0.25, 0.3) is 0 Å². The molecule has 0 aromatic carbocycles. The molecule has 0 unspecified atom stereocenters. The summed E-state index contributed by atoms with van der Waals surface area (Å²) in [6.45, 7) is 2.77. The molecule has 0 aliphatic heterocycles. The van der Waals surface area contributed by atoms with Crippen molar-refractivity contribution in [3.63, 3.8) is 0 Å². The number of rotatable bonds is 7. The van der Waals surface area contributed by atoms with Gasteiger partial charge >= 0.3 is 15.2 Å². The van der Waals surface area contributed by atoms with Crippen molar-refractivity contribution in [2.45, 2.75) is 0 Å². The minimum absolute atomic E-state index is 0.0445. The van der Waals surface area contributed by atoms with E-state index in [1.165, 1.54) is 27.5 Å². The third kappa shape index (κ3) is 6.71. The van der Waals surface area contributed by atoms with E-state index in [0.29, 0.717) is 0 Å². The normalized spacial score (nSPS) is 20.0. The highest BCUT2D eigenvalue weighted by atomic mass is 31.2. The van der Waals surface area contributed by atoms with Crippen LogP contribution in [-0.4, -0.2) is 40.8 Å². The van der Waals surface area contributed by atoms with Crippen molar-refractivity contribution in [1.29, 1.82) is 0 Å². The second-order valence-electron chi connectivity index (χ2n) is 2.57. The zero-order valence-corrected chi connectivity index (χ0v) is 10.5. The highest BCUT2D eigenvalue weighted by Gasteiger charge is 2.17. The molecule has 0 bridgehead atoms. The molecule has 0 saturated carbocycles. The average molecular weight is 246 g/mol. The van der Waals surface area contributed by atoms with Gasteiger partial charge in [-0.25, -0.2) is 0 Å². The summed E-state index contributed by atoms with van der Waals surface area (Å²) in [4.78, 5) is 0. The standard InChI is InChI=1S/C6H16O6P2/c1-9-13(3,7)11-5-6-12-14(4,8)10-2/h5-6H2,1-4H3/t13-,14-/m0/s1. The van der Waals surface area contributed by atoms with Crippen LogP contribution < -0.4 is 0 Å². The van der Waals surface area contributed by atoms with E-state index in [-0.39, 0.29) is 13.2 Å². The molecule has 0 aromatic heterocycles. The molecular formula is C6H16O6P2. The molecule has 8 heteroatoms. The van der Waals surface area contributed by atoms with E-state index in [1.807, 2.05) is 0 Å². The third-order valence-corrected chi connectivity index (χ3v) is 4.03. The van der Waals surface area contributed by atoms with Crippen molar-refractivity contribution in [3.8, 4) is 0 Å². The Kier molecular flexibility index (Phi) is 6.14. The lowest BCUT2D eigenvalue weighted by molar-refractivity contribution is 0.169. The SMILES string of the molecule is CO[P@](C)(=O)OCCO[P@@](C)(=O)OC. The van der Waals surface area contributed by atoms with Crippen molar-refractivity contribution in [3.05, 3.63) is 0 Å². The van der Waals surface area contributed by atoms with Gasteiger partial charge in [0.2, 0.25) is 0 Å². The molecule has 0 aromatic rings. The van der Waals surface area contributed by atoms with Crippen LogP contribution in [0.2, 0.25) is 0 Å². The summed E-state index contributed by atoms with van der Waals surface area (Å²) in [7, 11) is -3.36. The highest BCUT2D eigenvalue weighted by molar-refractivity contribution is 7.53. The maximum absolute atomic E-state index is 11.2. The molecule has 0 aliphatic rings. The molecule has 0 aliphatic carbocycles. The molecule has 0 rings (SSSR count). The van der Waals surface area contributed by atoms with Crippen LogP contribution in [-0.2, 0) is 27.2 Å². The fourth-order valence-corrected chi connectivity index (χ4v) is 1.53. The Morgan fingerprint density at radius 3 is 1.36 bits per heavy atom. The summed E-state index contributed by atoms with van der Waals surface area (Å²) >= 11 is 0. The van der Waals surface area contributed by atoms with Crippen LogP contribution in [0.5, 0.6) is 0 Å². The van der Waals surface area contributed by atoms with Crippen LogP contribution in [0.1, 0.15) is 0 Å². The minimum atomic E-state index is -2.97. The molecule has 0 heterocycles. The molecule has 0 saturated heterocycles. The van der Waals surface area contributed by atoms with E-state index in [1.54, 1.807) is 0 Å². The van der Waals surface area contributed by atoms with Gasteiger partial charge in [-0.15, -0.1) is 0 Å². The molecule has 2 atom stereocenters. The first-order valence-electron chi connectivity index (χ1n) is 3.88. The average Bonchev–Trinajstić information content (AvgIpc) is 2.13. The zero-order chi connectivity index (χ0) is 11.2. The van der Waals surface area contributed by atoms with E-state index in [9.17, 15) is 9.13 Å². The summed E-state index contributed by atoms with van der Waals surface area (Å²) in [5.74, 6) is 0. The van der Waals surface area contributed by atoms with Crippen molar-refractivity contribution < 1.29 is 27.2 Å². The lowest BCUT2D eigenvalue weighted by atomic mass is 10.8. The Morgan fingerprint density at radius 2 is 1.14 bits per heavy atom. The third-order valence-electron chi connectivity index (χ3n) is 1.40. The predicted octanol–water partition coefficient (Wildman–Crippen LogP) is 1.96. The zero-order valence-electron chi connectivity index (χ0n) is 8.76. The lowest BCUT2D eigenvalue weighted by Crippen LogP contribution is -2.02. The van der Waals surface area contributed by atoms with E-state index >= 15 is 0 Å². The quantitative estimate of drug-likeness (QED) is 0.505. The van der Waals surface area contributed by atoms with Gasteiger partial charge in [-0.3, -0.25) is 9.13 Å². The topological polar surface area (TPSA) is 71.1 Å². The van der Waals surface area contributed by atoms with Crippen LogP contribution in [0.3, 0.4) is 0 Å². The maximum Gasteiger partial charge on any atom is 0.327 e. The number of hydrogen-bond acceptors (Lipinski definition) is 6. The molecule has 0 spiro atoms. The van der Waals surface area contributed by atoms with Crippen LogP contribution in [0.4, 0.5) is 0 Å². The molecule has 86 valence electrons. The van der Waals surface area contributed by atoms with Gasteiger partial charge in [0.15, 0.2) is 0 Å². The lowest BCUT2D eigenvalue weighted by Gasteiger charge is -2.13. The monoisotopic (exact) mass is 246 g/mol. The second kappa shape index (κ2) is 6.01. The van der Waals surface area contributed by atoms with Gasteiger partial charge in [-0.1, -0.05) is 0 Å². The van der Waals surface area contributed by atoms with Gasteiger partial charge in [-0.05, 0) is 0 Å². The van der Waals surface area contributed by atoms with E-state index in [4.69, 9.17) is 9.05 Å². The first kappa shape index (κ1) is 14.3. The molecule has 6 nitrogen and oxygen atoms in total. The molecule has 0 N–H and O–H groups in total. The van der Waals surface area contributed by atoms with Crippen molar-refractivity contribution in [1.82, 2.24) is 0 Å². The Labute approximate surface area is 83.9 Å². The van der Waals surface area contributed by atoms with E-state index in [2.05, 4.69) is 9.05 Å². The van der Waals surface area contributed by atoms with Crippen LogP contribution in [0.15, 0.2) is 0 Å².